The first-order valence-electron chi connectivity index (χ1n) is 11.7. The van der Waals surface area contributed by atoms with Crippen molar-refractivity contribution >= 4 is 46.3 Å². The number of aromatic nitrogens is 2. The van der Waals surface area contributed by atoms with E-state index in [1.807, 2.05) is 0 Å². The first-order valence-corrected chi connectivity index (χ1v) is 12.5. The first kappa shape index (κ1) is 24.7. The number of benzene rings is 4. The molecule has 0 unspecified atom stereocenters. The second kappa shape index (κ2) is 10.2. The fourth-order valence-corrected chi connectivity index (χ4v) is 4.55. The van der Waals surface area contributed by atoms with Crippen LogP contribution in [0.15, 0.2) is 94.8 Å². The molecule has 1 aromatic heterocycles. The molecule has 2 heterocycles. The van der Waals surface area contributed by atoms with Gasteiger partial charge in [-0.15, -0.1) is 0 Å². The van der Waals surface area contributed by atoms with Crippen LogP contribution in [0.4, 0.5) is 0 Å². The maximum Gasteiger partial charge on any atom is 0.343 e. The van der Waals surface area contributed by atoms with E-state index in [0.717, 1.165) is 4.68 Å². The number of carbonyl (C=O) groups excluding carboxylic acids is 1. The summed E-state index contributed by atoms with van der Waals surface area (Å²) in [5.41, 5.74) is 1.32. The van der Waals surface area contributed by atoms with Crippen LogP contribution >= 0.6 is 23.2 Å². The van der Waals surface area contributed by atoms with Crippen molar-refractivity contribution in [3.8, 4) is 28.6 Å². The summed E-state index contributed by atoms with van der Waals surface area (Å²) in [5.74, 6) is 0.913. The van der Waals surface area contributed by atoms with Crippen LogP contribution in [0.3, 0.4) is 0 Å². The lowest BCUT2D eigenvalue weighted by Gasteiger charge is -2.11. The summed E-state index contributed by atoms with van der Waals surface area (Å²) in [6, 6.07) is 23.5. The molecule has 0 atom stereocenters. The Bertz CT molecular complexity index is 1850. The maximum atomic E-state index is 13.5. The number of ether oxygens (including phenoxy) is 3. The van der Waals surface area contributed by atoms with Gasteiger partial charge in [-0.2, -0.15) is 9.78 Å². The molecule has 0 spiro atoms. The van der Waals surface area contributed by atoms with Crippen molar-refractivity contribution in [2.24, 2.45) is 5.10 Å². The third-order valence-electron chi connectivity index (χ3n) is 5.97. The number of para-hydroxylation sites is 2. The molecule has 4 aromatic carbocycles. The number of esters is 1. The van der Waals surface area contributed by atoms with Crippen LogP contribution in [-0.4, -0.2) is 28.6 Å². The highest BCUT2D eigenvalue weighted by Crippen LogP contribution is 2.33. The predicted octanol–water partition coefficient (Wildman–Crippen LogP) is 6.20. The summed E-state index contributed by atoms with van der Waals surface area (Å²) in [7, 11) is 0. The van der Waals surface area contributed by atoms with Gasteiger partial charge >= 0.3 is 5.97 Å². The van der Waals surface area contributed by atoms with Crippen molar-refractivity contribution in [1.82, 2.24) is 9.66 Å². The number of hydrogen-bond donors (Lipinski definition) is 0. The second-order valence-corrected chi connectivity index (χ2v) is 9.28. The zero-order valence-corrected chi connectivity index (χ0v) is 21.5. The third-order valence-corrected chi connectivity index (χ3v) is 6.52. The van der Waals surface area contributed by atoms with Crippen LogP contribution in [0.5, 0.6) is 17.2 Å². The van der Waals surface area contributed by atoms with Gasteiger partial charge in [0.15, 0.2) is 17.3 Å². The van der Waals surface area contributed by atoms with E-state index in [1.54, 1.807) is 84.9 Å². The van der Waals surface area contributed by atoms with Gasteiger partial charge in [0.2, 0.25) is 6.79 Å². The van der Waals surface area contributed by atoms with Crippen molar-refractivity contribution < 1.29 is 19.0 Å². The zero-order valence-electron chi connectivity index (χ0n) is 20.0. The quantitative estimate of drug-likeness (QED) is 0.145. The van der Waals surface area contributed by atoms with Gasteiger partial charge in [0.25, 0.3) is 5.56 Å². The number of hydrogen-bond acceptors (Lipinski definition) is 7. The second-order valence-electron chi connectivity index (χ2n) is 8.43. The molecule has 0 radical (unpaired) electrons. The lowest BCUT2D eigenvalue weighted by atomic mass is 10.2. The third kappa shape index (κ3) is 4.83. The fourth-order valence-electron chi connectivity index (χ4n) is 4.06. The standard InChI is InChI=1S/C29H17Cl2N3O5/c30-19-10-11-20(22(31)14-19)27-33-23-7-3-2-6-21(23)28(35)34(27)32-15-18-5-1-4-8-24(18)39-29(36)17-9-12-25-26(13-17)38-16-37-25/h1-15H,16H2. The van der Waals surface area contributed by atoms with Gasteiger partial charge in [0.05, 0.1) is 27.7 Å². The Balaban J connectivity index is 1.39. The molecule has 0 fully saturated rings. The minimum absolute atomic E-state index is 0.0966. The summed E-state index contributed by atoms with van der Waals surface area (Å²) < 4.78 is 17.5. The molecular weight excluding hydrogens is 541 g/mol. The van der Waals surface area contributed by atoms with Crippen molar-refractivity contribution in [2.45, 2.75) is 0 Å². The normalized spacial score (nSPS) is 12.3. The minimum Gasteiger partial charge on any atom is -0.454 e. The Morgan fingerprint density at radius 2 is 1.74 bits per heavy atom. The van der Waals surface area contributed by atoms with Gasteiger partial charge < -0.3 is 14.2 Å². The monoisotopic (exact) mass is 557 g/mol. The molecule has 39 heavy (non-hydrogen) atoms. The van der Waals surface area contributed by atoms with Crippen molar-refractivity contribution in [3.05, 3.63) is 116 Å². The van der Waals surface area contributed by atoms with E-state index in [0.29, 0.717) is 49.1 Å². The van der Waals surface area contributed by atoms with Crippen LogP contribution in [0.2, 0.25) is 10.0 Å². The van der Waals surface area contributed by atoms with Crippen LogP contribution < -0.4 is 19.8 Å². The Labute approximate surface area is 231 Å². The highest BCUT2D eigenvalue weighted by molar-refractivity contribution is 6.36. The maximum absolute atomic E-state index is 13.5. The average molecular weight is 558 g/mol. The fraction of sp³-hybridized carbons (Fsp3) is 0.0345. The number of carbonyl (C=O) groups is 1. The van der Waals surface area contributed by atoms with Crippen LogP contribution in [0, 0.1) is 0 Å². The van der Waals surface area contributed by atoms with Gasteiger partial charge in [-0.3, -0.25) is 4.79 Å². The van der Waals surface area contributed by atoms with E-state index in [1.165, 1.54) is 6.21 Å². The molecule has 0 aliphatic carbocycles. The summed E-state index contributed by atoms with van der Waals surface area (Å²) in [4.78, 5) is 31.0. The van der Waals surface area contributed by atoms with E-state index in [-0.39, 0.29) is 18.4 Å². The Hall–Kier alpha value is -4.66. The van der Waals surface area contributed by atoms with E-state index in [2.05, 4.69) is 10.1 Å². The summed E-state index contributed by atoms with van der Waals surface area (Å²) in [6.07, 6.45) is 1.42. The van der Waals surface area contributed by atoms with E-state index in [4.69, 9.17) is 37.4 Å². The molecule has 0 saturated carbocycles. The van der Waals surface area contributed by atoms with Gasteiger partial charge in [-0.05, 0) is 60.7 Å². The number of nitrogens with zero attached hydrogens (tertiary/aromatic N) is 3. The summed E-state index contributed by atoms with van der Waals surface area (Å²) in [5, 5.41) is 5.59. The van der Waals surface area contributed by atoms with Gasteiger partial charge in [-0.25, -0.2) is 9.78 Å². The molecule has 5 aromatic rings. The van der Waals surface area contributed by atoms with Crippen LogP contribution in [0.25, 0.3) is 22.3 Å². The molecular formula is C29H17Cl2N3O5. The molecule has 0 amide bonds. The molecule has 8 nitrogen and oxygen atoms in total. The number of fused-ring (bicyclic) bond motifs is 2. The Kier molecular flexibility index (Phi) is 6.48. The van der Waals surface area contributed by atoms with Crippen LogP contribution in [0.1, 0.15) is 15.9 Å². The summed E-state index contributed by atoms with van der Waals surface area (Å²) in [6.45, 7) is 0.0966. The van der Waals surface area contributed by atoms with E-state index < -0.39 is 11.5 Å². The molecule has 6 rings (SSSR count). The van der Waals surface area contributed by atoms with E-state index >= 15 is 0 Å². The van der Waals surface area contributed by atoms with Crippen molar-refractivity contribution in [2.75, 3.05) is 6.79 Å². The van der Waals surface area contributed by atoms with Crippen molar-refractivity contribution in [1.29, 1.82) is 0 Å². The zero-order chi connectivity index (χ0) is 26.9. The lowest BCUT2D eigenvalue weighted by Crippen LogP contribution is -2.20. The Morgan fingerprint density at radius 3 is 2.62 bits per heavy atom. The van der Waals surface area contributed by atoms with Gasteiger partial charge in [0, 0.05) is 16.1 Å². The average Bonchev–Trinajstić information content (AvgIpc) is 3.41. The number of rotatable bonds is 5. The SMILES string of the molecule is O=C(Oc1ccccc1C=Nn1c(-c2ccc(Cl)cc2Cl)nc2ccccc2c1=O)c1ccc2c(c1)OCO2. The largest absolute Gasteiger partial charge is 0.454 e. The van der Waals surface area contributed by atoms with Gasteiger partial charge in [0.1, 0.15) is 5.75 Å². The smallest absolute Gasteiger partial charge is 0.343 e. The van der Waals surface area contributed by atoms with Crippen molar-refractivity contribution in [3.63, 3.8) is 0 Å². The first-order chi connectivity index (χ1) is 19.0. The highest BCUT2D eigenvalue weighted by atomic mass is 35.5. The van der Waals surface area contributed by atoms with Crippen LogP contribution in [-0.2, 0) is 0 Å². The molecule has 1 aliphatic rings. The molecule has 0 saturated heterocycles. The topological polar surface area (TPSA) is 92.0 Å². The predicted molar refractivity (Wildman–Crippen MR) is 148 cm³/mol. The molecule has 192 valence electrons. The Morgan fingerprint density at radius 1 is 0.949 bits per heavy atom. The highest BCUT2D eigenvalue weighted by Gasteiger charge is 2.19. The summed E-state index contributed by atoms with van der Waals surface area (Å²) >= 11 is 12.6. The lowest BCUT2D eigenvalue weighted by molar-refractivity contribution is 0.0734. The van der Waals surface area contributed by atoms with Gasteiger partial charge in [-0.1, -0.05) is 47.5 Å². The molecule has 10 heteroatoms. The van der Waals surface area contributed by atoms with E-state index in [9.17, 15) is 9.59 Å². The molecule has 0 bridgehead atoms. The minimum atomic E-state index is -0.590. The number of halogens is 2. The molecule has 1 aliphatic heterocycles. The molecule has 0 N–H and O–H groups in total.